The van der Waals surface area contributed by atoms with Crippen LogP contribution in [0.3, 0.4) is 0 Å². The number of aromatic amines is 1. The first-order chi connectivity index (χ1) is 22.3. The van der Waals surface area contributed by atoms with Crippen molar-refractivity contribution in [1.82, 2.24) is 14.8 Å². The smallest absolute Gasteiger partial charge is 0.490 e. The van der Waals surface area contributed by atoms with E-state index in [2.05, 4.69) is 20.1 Å². The van der Waals surface area contributed by atoms with Crippen molar-refractivity contribution in [2.75, 3.05) is 32.2 Å². The fraction of sp³-hybridized carbons (Fsp3) is 0.233. The van der Waals surface area contributed by atoms with E-state index in [1.165, 1.54) is 7.11 Å². The Kier molecular flexibility index (Phi) is 10.5. The normalized spacial score (nSPS) is 11.9. The third-order valence-corrected chi connectivity index (χ3v) is 6.47. The summed E-state index contributed by atoms with van der Waals surface area (Å²) in [6, 6.07) is 13.6. The van der Waals surface area contributed by atoms with Crippen molar-refractivity contribution in [3.05, 3.63) is 93.7 Å². The Morgan fingerprint density at radius 2 is 1.74 bits per heavy atom. The molecule has 0 aliphatic carbocycles. The lowest BCUT2D eigenvalue weighted by atomic mass is 10.0. The molecular formula is C30H30F3N7O7. The third-order valence-electron chi connectivity index (χ3n) is 6.47. The number of halogens is 3. The number of ether oxygens (including phenoxy) is 4. The molecule has 0 saturated heterocycles. The number of alkyl halides is 3. The van der Waals surface area contributed by atoms with Gasteiger partial charge in [0.25, 0.3) is 5.91 Å². The van der Waals surface area contributed by atoms with E-state index in [0.29, 0.717) is 39.6 Å². The van der Waals surface area contributed by atoms with Gasteiger partial charge in [0, 0.05) is 18.4 Å². The minimum Gasteiger partial charge on any atom is -0.490 e. The number of nitrogens with zero attached hydrogens (tertiary/aromatic N) is 2. The zero-order valence-electron chi connectivity index (χ0n) is 25.0. The number of carbonyl (C=O) groups is 2. The molecule has 0 aliphatic heterocycles. The molecule has 0 aliphatic rings. The zero-order valence-corrected chi connectivity index (χ0v) is 25.0. The molecule has 4 aromatic rings. The van der Waals surface area contributed by atoms with E-state index in [0.717, 1.165) is 18.2 Å². The van der Waals surface area contributed by atoms with Gasteiger partial charge in [0.05, 0.1) is 18.8 Å². The van der Waals surface area contributed by atoms with Crippen molar-refractivity contribution < 1.29 is 41.7 Å². The molecule has 1 aromatic heterocycles. The molecule has 17 heteroatoms. The summed E-state index contributed by atoms with van der Waals surface area (Å²) >= 11 is 0. The van der Waals surface area contributed by atoms with Crippen molar-refractivity contribution in [3.8, 4) is 22.9 Å². The Morgan fingerprint density at radius 3 is 2.36 bits per heavy atom. The summed E-state index contributed by atoms with van der Waals surface area (Å²) in [5, 5.41) is 15.2. The molecule has 4 rings (SSSR count). The zero-order chi connectivity index (χ0) is 34.3. The van der Waals surface area contributed by atoms with Gasteiger partial charge in [-0.3, -0.25) is 15.2 Å². The first-order valence-corrected chi connectivity index (χ1v) is 13.8. The molecule has 248 valence electrons. The molecule has 1 unspecified atom stereocenters. The van der Waals surface area contributed by atoms with E-state index >= 15 is 0 Å². The summed E-state index contributed by atoms with van der Waals surface area (Å²) in [4.78, 5) is 39.9. The van der Waals surface area contributed by atoms with Crippen molar-refractivity contribution >= 4 is 23.4 Å². The van der Waals surface area contributed by atoms with E-state index in [9.17, 15) is 27.6 Å². The summed E-state index contributed by atoms with van der Waals surface area (Å²) in [7, 11) is 1.53. The second-order valence-electron chi connectivity index (χ2n) is 9.68. The van der Waals surface area contributed by atoms with E-state index in [1.807, 2.05) is 0 Å². The molecule has 1 atom stereocenters. The van der Waals surface area contributed by atoms with Crippen LogP contribution in [-0.2, 0) is 9.53 Å². The van der Waals surface area contributed by atoms with E-state index < -0.39 is 46.8 Å². The molecule has 1 heterocycles. The van der Waals surface area contributed by atoms with Gasteiger partial charge in [-0.2, -0.15) is 17.9 Å². The Labute approximate surface area is 264 Å². The minimum absolute atomic E-state index is 0.0754. The third kappa shape index (κ3) is 8.06. The number of amides is 1. The quantitative estimate of drug-likeness (QED) is 0.0440. The molecule has 0 spiro atoms. The highest BCUT2D eigenvalue weighted by Crippen LogP contribution is 2.34. The van der Waals surface area contributed by atoms with Crippen LogP contribution in [-0.4, -0.2) is 65.6 Å². The Morgan fingerprint density at radius 1 is 1.02 bits per heavy atom. The number of rotatable bonds is 14. The fourth-order valence-electron chi connectivity index (χ4n) is 4.35. The highest BCUT2D eigenvalue weighted by molar-refractivity contribution is 5.98. The number of primary amides is 1. The predicted octanol–water partition coefficient (Wildman–Crippen LogP) is 3.04. The van der Waals surface area contributed by atoms with Crippen LogP contribution < -0.4 is 36.7 Å². The van der Waals surface area contributed by atoms with Crippen LogP contribution in [0.5, 0.6) is 17.2 Å². The molecule has 3 aromatic carbocycles. The SMILES string of the molecule is CCOc1cc(C(Nc2ccc(C(=N)N)cc2)c2nn(-c3c(OC(=O)C(F)(F)F)cccc3C(N)=O)c(=O)[nH]2)ccc1OCCOC. The van der Waals surface area contributed by atoms with Crippen LogP contribution in [0.4, 0.5) is 18.9 Å². The number of anilines is 1. The Hall–Kier alpha value is -5.84. The summed E-state index contributed by atoms with van der Waals surface area (Å²) in [5.74, 6) is -3.99. The predicted molar refractivity (Wildman–Crippen MR) is 162 cm³/mol. The van der Waals surface area contributed by atoms with Gasteiger partial charge in [-0.1, -0.05) is 12.1 Å². The molecule has 47 heavy (non-hydrogen) atoms. The molecule has 0 saturated carbocycles. The maximum atomic E-state index is 13.3. The van der Waals surface area contributed by atoms with Crippen molar-refractivity contribution in [1.29, 1.82) is 5.41 Å². The molecule has 0 bridgehead atoms. The number of hydrogen-bond acceptors (Lipinski definition) is 10. The van der Waals surface area contributed by atoms with Gasteiger partial charge in [-0.15, -0.1) is 5.10 Å². The maximum Gasteiger partial charge on any atom is 0.491 e. The first-order valence-electron chi connectivity index (χ1n) is 13.8. The van der Waals surface area contributed by atoms with Crippen LogP contribution >= 0.6 is 0 Å². The highest BCUT2D eigenvalue weighted by atomic mass is 19.4. The van der Waals surface area contributed by atoms with E-state index in [1.54, 1.807) is 49.4 Å². The number of benzene rings is 3. The van der Waals surface area contributed by atoms with Crippen LogP contribution in [0, 0.1) is 5.41 Å². The van der Waals surface area contributed by atoms with Gasteiger partial charge >= 0.3 is 17.8 Å². The van der Waals surface area contributed by atoms with Crippen molar-refractivity contribution in [3.63, 3.8) is 0 Å². The Bertz CT molecular complexity index is 1820. The molecule has 7 N–H and O–H groups in total. The lowest BCUT2D eigenvalue weighted by Crippen LogP contribution is -2.29. The summed E-state index contributed by atoms with van der Waals surface area (Å²) in [6.45, 7) is 2.61. The average Bonchev–Trinajstić information content (AvgIpc) is 3.40. The molecule has 1 amide bonds. The first kappa shape index (κ1) is 34.0. The fourth-order valence-corrected chi connectivity index (χ4v) is 4.35. The molecule has 0 radical (unpaired) electrons. The summed E-state index contributed by atoms with van der Waals surface area (Å²) < 4.78 is 60.9. The van der Waals surface area contributed by atoms with E-state index in [-0.39, 0.29) is 24.9 Å². The van der Waals surface area contributed by atoms with Gasteiger partial charge in [0.15, 0.2) is 23.1 Å². The van der Waals surface area contributed by atoms with Gasteiger partial charge in [0.2, 0.25) is 0 Å². The highest BCUT2D eigenvalue weighted by Gasteiger charge is 2.42. The number of amidine groups is 1. The second-order valence-corrected chi connectivity index (χ2v) is 9.68. The Balaban J connectivity index is 1.86. The summed E-state index contributed by atoms with van der Waals surface area (Å²) in [5.41, 5.74) is 10.4. The maximum absolute atomic E-state index is 13.3. The number of para-hydroxylation sites is 1. The van der Waals surface area contributed by atoms with Gasteiger partial charge in [0.1, 0.15) is 24.2 Å². The number of methoxy groups -OCH3 is 1. The van der Waals surface area contributed by atoms with Crippen LogP contribution in [0.25, 0.3) is 5.69 Å². The number of hydrogen-bond donors (Lipinski definition) is 5. The number of carbonyl (C=O) groups excluding carboxylic acids is 2. The van der Waals surface area contributed by atoms with Crippen molar-refractivity contribution in [2.24, 2.45) is 11.5 Å². The number of H-pyrrole nitrogens is 1. The topological polar surface area (TPSA) is 210 Å². The second kappa shape index (κ2) is 14.5. The van der Waals surface area contributed by atoms with E-state index in [4.69, 9.17) is 31.1 Å². The standard InChI is InChI=1S/C30H30F3N7O7/c1-3-45-22-15-17(9-12-20(22)46-14-13-44-2)23(37-18-10-7-16(8-11-18)25(34)35)27-38-29(43)40(39-27)24-19(26(36)41)5-4-6-21(24)47-28(42)30(31,32)33/h4-12,15,23,37H,3,13-14H2,1-2H3,(H3,34,35)(H2,36,41)(H,38,39,43). The van der Waals surface area contributed by atoms with Crippen LogP contribution in [0.1, 0.15) is 40.3 Å². The average molecular weight is 658 g/mol. The monoisotopic (exact) mass is 657 g/mol. The number of esters is 1. The lowest BCUT2D eigenvalue weighted by molar-refractivity contribution is -0.189. The number of nitrogens with two attached hydrogens (primary N) is 2. The van der Waals surface area contributed by atoms with Gasteiger partial charge < -0.3 is 35.7 Å². The summed E-state index contributed by atoms with van der Waals surface area (Å²) in [6.07, 6.45) is -5.38. The molecular weight excluding hydrogens is 627 g/mol. The lowest BCUT2D eigenvalue weighted by Gasteiger charge is -2.20. The van der Waals surface area contributed by atoms with Crippen molar-refractivity contribution in [2.45, 2.75) is 19.1 Å². The molecule has 14 nitrogen and oxygen atoms in total. The van der Waals surface area contributed by atoms with Gasteiger partial charge in [-0.05, 0) is 61.0 Å². The minimum atomic E-state index is -5.38. The largest absolute Gasteiger partial charge is 0.491 e. The number of nitrogens with one attached hydrogen (secondary N) is 3. The number of nitrogen functional groups attached to an aromatic ring is 1. The molecule has 0 fully saturated rings. The van der Waals surface area contributed by atoms with Gasteiger partial charge in [-0.25, -0.2) is 9.59 Å². The van der Waals surface area contributed by atoms with Crippen LogP contribution in [0.2, 0.25) is 0 Å². The van der Waals surface area contributed by atoms with Crippen LogP contribution in [0.15, 0.2) is 65.5 Å². The number of aromatic nitrogens is 3.